The lowest BCUT2D eigenvalue weighted by Crippen LogP contribution is -2.53. The third-order valence-electron chi connectivity index (χ3n) is 8.23. The van der Waals surface area contributed by atoms with Gasteiger partial charge in [0.05, 0.1) is 18.8 Å². The molecule has 244 valence electrons. The van der Waals surface area contributed by atoms with Gasteiger partial charge in [-0.05, 0) is 38.5 Å². The fraction of sp³-hybridized carbons (Fsp3) is 0.914. The second kappa shape index (κ2) is 30.5. The van der Waals surface area contributed by atoms with Gasteiger partial charge in [0.1, 0.15) is 12.2 Å². The van der Waals surface area contributed by atoms with E-state index in [9.17, 15) is 25.2 Å². The molecule has 5 N–H and O–H groups in total. The molecule has 6 nitrogen and oxygen atoms in total. The van der Waals surface area contributed by atoms with Crippen LogP contribution in [0.1, 0.15) is 174 Å². The summed E-state index contributed by atoms with van der Waals surface area (Å²) < 4.78 is 0. The zero-order chi connectivity index (χ0) is 30.4. The van der Waals surface area contributed by atoms with Crippen LogP contribution in [0, 0.1) is 0 Å². The van der Waals surface area contributed by atoms with Crippen LogP contribution >= 0.6 is 0 Å². The third-order valence-corrected chi connectivity index (χ3v) is 8.23. The number of hydrogen-bond donors (Lipinski definition) is 5. The standard InChI is InChI=1S/C35H69NO5/c1-3-5-7-9-11-13-15-16-17-19-21-23-25-27-29-33(39)35(41)36-31(30-37)34(40)32(38)28-26-24-22-20-18-14-12-10-8-6-4-2/h20,22,31-34,37-40H,3-19,21,23-30H2,1-2H3,(H,36,41)/b22-20+. The highest BCUT2D eigenvalue weighted by Gasteiger charge is 2.28. The Hall–Kier alpha value is -0.950. The Labute approximate surface area is 253 Å². The summed E-state index contributed by atoms with van der Waals surface area (Å²) in [5, 5.41) is 43.2. The number of amides is 1. The molecule has 4 atom stereocenters. The maximum absolute atomic E-state index is 12.4. The van der Waals surface area contributed by atoms with Crippen LogP contribution in [-0.4, -0.2) is 57.3 Å². The zero-order valence-corrected chi connectivity index (χ0v) is 27.0. The molecule has 0 radical (unpaired) electrons. The first-order chi connectivity index (χ1) is 20.0. The Morgan fingerprint density at radius 2 is 1.00 bits per heavy atom. The Morgan fingerprint density at radius 3 is 1.46 bits per heavy atom. The number of aliphatic hydroxyl groups excluding tert-OH is 4. The van der Waals surface area contributed by atoms with E-state index in [4.69, 9.17) is 0 Å². The van der Waals surface area contributed by atoms with Crippen molar-refractivity contribution in [2.45, 2.75) is 199 Å². The summed E-state index contributed by atoms with van der Waals surface area (Å²) in [5.41, 5.74) is 0. The predicted molar refractivity (Wildman–Crippen MR) is 173 cm³/mol. The molecule has 1 amide bonds. The van der Waals surface area contributed by atoms with Crippen LogP contribution in [0.5, 0.6) is 0 Å². The fourth-order valence-electron chi connectivity index (χ4n) is 5.34. The molecule has 0 bridgehead atoms. The Morgan fingerprint density at radius 1 is 0.585 bits per heavy atom. The molecule has 0 heterocycles. The molecule has 6 heteroatoms. The van der Waals surface area contributed by atoms with Crippen molar-refractivity contribution in [2.75, 3.05) is 6.61 Å². The van der Waals surface area contributed by atoms with E-state index in [1.165, 1.54) is 109 Å². The van der Waals surface area contributed by atoms with E-state index in [0.717, 1.165) is 38.5 Å². The summed E-state index contributed by atoms with van der Waals surface area (Å²) in [6.07, 6.45) is 29.5. The van der Waals surface area contributed by atoms with Gasteiger partial charge in [0.15, 0.2) is 0 Å². The lowest BCUT2D eigenvalue weighted by Gasteiger charge is -2.27. The third kappa shape index (κ3) is 25.3. The van der Waals surface area contributed by atoms with Gasteiger partial charge in [-0.2, -0.15) is 0 Å². The van der Waals surface area contributed by atoms with Gasteiger partial charge < -0.3 is 25.7 Å². The molecule has 0 aliphatic carbocycles. The number of hydrogen-bond acceptors (Lipinski definition) is 5. The van der Waals surface area contributed by atoms with Crippen molar-refractivity contribution in [3.63, 3.8) is 0 Å². The number of allylic oxidation sites excluding steroid dienone is 2. The maximum atomic E-state index is 12.4. The number of nitrogens with one attached hydrogen (secondary N) is 1. The van der Waals surface area contributed by atoms with E-state index in [1.54, 1.807) is 0 Å². The first-order valence-electron chi connectivity index (χ1n) is 17.6. The molecule has 0 aromatic rings. The van der Waals surface area contributed by atoms with Gasteiger partial charge >= 0.3 is 0 Å². The first-order valence-corrected chi connectivity index (χ1v) is 17.6. The van der Waals surface area contributed by atoms with Gasteiger partial charge in [-0.3, -0.25) is 4.79 Å². The normalized spacial score (nSPS) is 14.8. The highest BCUT2D eigenvalue weighted by atomic mass is 16.3. The molecule has 0 rings (SSSR count). The maximum Gasteiger partial charge on any atom is 0.249 e. The van der Waals surface area contributed by atoms with Crippen LogP contribution in [0.3, 0.4) is 0 Å². The van der Waals surface area contributed by atoms with Crippen molar-refractivity contribution in [3.05, 3.63) is 12.2 Å². The lowest BCUT2D eigenvalue weighted by atomic mass is 10.00. The predicted octanol–water partition coefficient (Wildman–Crippen LogP) is 7.89. The van der Waals surface area contributed by atoms with E-state index in [0.29, 0.717) is 12.8 Å². The summed E-state index contributed by atoms with van der Waals surface area (Å²) in [6.45, 7) is 3.99. The number of carbonyl (C=O) groups excluding carboxylic acids is 1. The monoisotopic (exact) mass is 584 g/mol. The van der Waals surface area contributed by atoms with Gasteiger partial charge in [-0.1, -0.05) is 148 Å². The highest BCUT2D eigenvalue weighted by Crippen LogP contribution is 2.15. The summed E-state index contributed by atoms with van der Waals surface area (Å²) in [6, 6.07) is -0.994. The molecule has 41 heavy (non-hydrogen) atoms. The molecule has 0 fully saturated rings. The quantitative estimate of drug-likeness (QED) is 0.0421. The molecule has 0 aromatic heterocycles. The average Bonchev–Trinajstić information content (AvgIpc) is 2.98. The average molecular weight is 584 g/mol. The van der Waals surface area contributed by atoms with Gasteiger partial charge in [0.2, 0.25) is 5.91 Å². The van der Waals surface area contributed by atoms with Crippen LogP contribution in [0.2, 0.25) is 0 Å². The number of aliphatic hydroxyl groups is 4. The Bertz CT molecular complexity index is 585. The van der Waals surface area contributed by atoms with E-state index in [1.807, 2.05) is 0 Å². The minimum absolute atomic E-state index is 0.367. The molecule has 0 saturated heterocycles. The van der Waals surface area contributed by atoms with Crippen molar-refractivity contribution in [1.29, 1.82) is 0 Å². The molecule has 0 saturated carbocycles. The van der Waals surface area contributed by atoms with Gasteiger partial charge in [-0.15, -0.1) is 0 Å². The van der Waals surface area contributed by atoms with Crippen LogP contribution in [-0.2, 0) is 4.79 Å². The molecular formula is C35H69NO5. The summed E-state index contributed by atoms with van der Waals surface area (Å²) >= 11 is 0. The summed E-state index contributed by atoms with van der Waals surface area (Å²) in [4.78, 5) is 12.4. The second-order valence-corrected chi connectivity index (χ2v) is 12.2. The largest absolute Gasteiger partial charge is 0.394 e. The van der Waals surface area contributed by atoms with Crippen LogP contribution < -0.4 is 5.32 Å². The van der Waals surface area contributed by atoms with E-state index in [2.05, 4.69) is 31.3 Å². The van der Waals surface area contributed by atoms with E-state index < -0.39 is 36.9 Å². The topological polar surface area (TPSA) is 110 Å². The number of rotatable bonds is 31. The van der Waals surface area contributed by atoms with Gasteiger partial charge in [-0.25, -0.2) is 0 Å². The van der Waals surface area contributed by atoms with E-state index in [-0.39, 0.29) is 0 Å². The Balaban J connectivity index is 3.87. The highest BCUT2D eigenvalue weighted by molar-refractivity contribution is 5.80. The minimum Gasteiger partial charge on any atom is -0.394 e. The zero-order valence-electron chi connectivity index (χ0n) is 27.0. The van der Waals surface area contributed by atoms with Crippen LogP contribution in [0.15, 0.2) is 12.2 Å². The summed E-state index contributed by atoms with van der Waals surface area (Å²) in [7, 11) is 0. The van der Waals surface area contributed by atoms with Crippen molar-refractivity contribution in [2.24, 2.45) is 0 Å². The Kier molecular flexibility index (Phi) is 29.8. The minimum atomic E-state index is -1.27. The molecule has 0 aliphatic rings. The number of carbonyl (C=O) groups is 1. The molecule has 0 aromatic carbocycles. The SMILES string of the molecule is CCCCCCCC/C=C/CCCC(O)C(O)C(CO)NC(=O)C(O)CCCCCCCCCCCCCCCC. The molecule has 4 unspecified atom stereocenters. The van der Waals surface area contributed by atoms with E-state index >= 15 is 0 Å². The first kappa shape index (κ1) is 40.1. The van der Waals surface area contributed by atoms with Gasteiger partial charge in [0, 0.05) is 0 Å². The van der Waals surface area contributed by atoms with Crippen LogP contribution in [0.25, 0.3) is 0 Å². The lowest BCUT2D eigenvalue weighted by molar-refractivity contribution is -0.132. The molecule has 0 aliphatic heterocycles. The molecular weight excluding hydrogens is 514 g/mol. The van der Waals surface area contributed by atoms with Crippen molar-refractivity contribution < 1.29 is 25.2 Å². The molecule has 0 spiro atoms. The smallest absolute Gasteiger partial charge is 0.249 e. The summed E-state index contributed by atoms with van der Waals surface area (Å²) in [5.74, 6) is -0.595. The van der Waals surface area contributed by atoms with Crippen molar-refractivity contribution in [1.82, 2.24) is 5.32 Å². The fourth-order valence-corrected chi connectivity index (χ4v) is 5.34. The van der Waals surface area contributed by atoms with Crippen molar-refractivity contribution in [3.8, 4) is 0 Å². The second-order valence-electron chi connectivity index (χ2n) is 12.2. The van der Waals surface area contributed by atoms with Gasteiger partial charge in [0.25, 0.3) is 0 Å². The van der Waals surface area contributed by atoms with Crippen LogP contribution in [0.4, 0.5) is 0 Å². The van der Waals surface area contributed by atoms with Crippen molar-refractivity contribution >= 4 is 5.91 Å². The number of unbranched alkanes of at least 4 members (excludes halogenated alkanes) is 20.